The lowest BCUT2D eigenvalue weighted by Crippen LogP contribution is -2.32. The van der Waals surface area contributed by atoms with Crippen molar-refractivity contribution >= 4 is 17.1 Å². The summed E-state index contributed by atoms with van der Waals surface area (Å²) in [6.45, 7) is 0.761. The van der Waals surface area contributed by atoms with Gasteiger partial charge in [0.15, 0.2) is 5.65 Å². The van der Waals surface area contributed by atoms with Crippen LogP contribution in [0.4, 0.5) is 4.39 Å². The van der Waals surface area contributed by atoms with Crippen molar-refractivity contribution in [1.82, 2.24) is 29.4 Å². The smallest absolute Gasteiger partial charge is 0.330 e. The Morgan fingerprint density at radius 2 is 1.86 bits per heavy atom. The van der Waals surface area contributed by atoms with Crippen molar-refractivity contribution in [3.05, 3.63) is 88.7 Å². The Labute approximate surface area is 164 Å². The maximum atomic E-state index is 13.2. The molecule has 0 fully saturated rings. The second-order valence-corrected chi connectivity index (χ2v) is 6.34. The molecule has 0 bridgehead atoms. The molecule has 0 unspecified atom stereocenters. The average Bonchev–Trinajstić information content (AvgIpc) is 3.02. The molecule has 0 saturated carbocycles. The van der Waals surface area contributed by atoms with E-state index in [9.17, 15) is 14.0 Å². The molecule has 4 rings (SSSR count). The molecule has 3 aromatic heterocycles. The highest BCUT2D eigenvalue weighted by molar-refractivity contribution is 5.91. The summed E-state index contributed by atoms with van der Waals surface area (Å²) in [5.74, 6) is -0.696. The summed E-state index contributed by atoms with van der Waals surface area (Å²) in [5.41, 5.74) is 1.94. The number of aromatic nitrogens is 5. The summed E-state index contributed by atoms with van der Waals surface area (Å²) in [6, 6.07) is 9.56. The standard InChI is InChI=1S/C20H17FN6O2/c21-15-5-3-14(4-6-15)13-27-17-2-1-7-24-18(17)26(20(27)29)11-10-25-19(28)16-12-22-8-9-23-16/h1-9,12H,10-11,13H2,(H,25,28). The summed E-state index contributed by atoms with van der Waals surface area (Å²) in [4.78, 5) is 37.2. The fraction of sp³-hybridized carbons (Fsp3) is 0.150. The number of halogens is 1. The van der Waals surface area contributed by atoms with E-state index >= 15 is 0 Å². The Bertz CT molecular complexity index is 1200. The van der Waals surface area contributed by atoms with Gasteiger partial charge in [0.1, 0.15) is 11.5 Å². The van der Waals surface area contributed by atoms with E-state index in [2.05, 4.69) is 20.3 Å². The van der Waals surface area contributed by atoms with E-state index in [4.69, 9.17) is 0 Å². The molecule has 9 heteroatoms. The first-order chi connectivity index (χ1) is 14.1. The number of hydrogen-bond acceptors (Lipinski definition) is 5. The molecule has 3 heterocycles. The van der Waals surface area contributed by atoms with Crippen LogP contribution in [-0.4, -0.2) is 36.5 Å². The van der Waals surface area contributed by atoms with E-state index in [1.165, 1.54) is 35.3 Å². The lowest BCUT2D eigenvalue weighted by molar-refractivity contribution is 0.0947. The highest BCUT2D eigenvalue weighted by atomic mass is 19.1. The first kappa shape index (κ1) is 18.5. The zero-order valence-corrected chi connectivity index (χ0v) is 15.3. The highest BCUT2D eigenvalue weighted by Crippen LogP contribution is 2.12. The van der Waals surface area contributed by atoms with Gasteiger partial charge in [-0.25, -0.2) is 19.2 Å². The largest absolute Gasteiger partial charge is 0.349 e. The van der Waals surface area contributed by atoms with E-state index in [1.54, 1.807) is 29.0 Å². The van der Waals surface area contributed by atoms with Crippen LogP contribution in [0, 0.1) is 5.82 Å². The Balaban J connectivity index is 1.56. The number of fused-ring (bicyclic) bond motifs is 1. The third-order valence-corrected chi connectivity index (χ3v) is 4.45. The van der Waals surface area contributed by atoms with Crippen LogP contribution >= 0.6 is 0 Å². The number of benzene rings is 1. The van der Waals surface area contributed by atoms with E-state index in [0.717, 1.165) is 5.56 Å². The van der Waals surface area contributed by atoms with Gasteiger partial charge in [-0.05, 0) is 29.8 Å². The van der Waals surface area contributed by atoms with E-state index < -0.39 is 0 Å². The summed E-state index contributed by atoms with van der Waals surface area (Å²) in [7, 11) is 0. The average molecular weight is 392 g/mol. The number of hydrogen-bond donors (Lipinski definition) is 1. The van der Waals surface area contributed by atoms with Crippen molar-refractivity contribution in [2.75, 3.05) is 6.54 Å². The first-order valence-corrected chi connectivity index (χ1v) is 8.96. The predicted molar refractivity (Wildman–Crippen MR) is 104 cm³/mol. The highest BCUT2D eigenvalue weighted by Gasteiger charge is 2.15. The fourth-order valence-corrected chi connectivity index (χ4v) is 3.06. The van der Waals surface area contributed by atoms with Crippen molar-refractivity contribution < 1.29 is 9.18 Å². The quantitative estimate of drug-likeness (QED) is 0.538. The lowest BCUT2D eigenvalue weighted by Gasteiger charge is -2.05. The molecule has 4 aromatic rings. The molecule has 0 spiro atoms. The zero-order chi connectivity index (χ0) is 20.2. The molecule has 146 valence electrons. The molecule has 0 aliphatic carbocycles. The van der Waals surface area contributed by atoms with Crippen LogP contribution in [0.25, 0.3) is 11.2 Å². The minimum atomic E-state index is -0.367. The van der Waals surface area contributed by atoms with Gasteiger partial charge in [0, 0.05) is 31.7 Å². The molecular formula is C20H17FN6O2. The number of carbonyl (C=O) groups is 1. The number of amides is 1. The van der Waals surface area contributed by atoms with Gasteiger partial charge in [-0.1, -0.05) is 12.1 Å². The maximum absolute atomic E-state index is 13.2. The molecule has 8 nitrogen and oxygen atoms in total. The van der Waals surface area contributed by atoms with Crippen molar-refractivity contribution in [3.63, 3.8) is 0 Å². The molecule has 1 amide bonds. The van der Waals surface area contributed by atoms with Crippen LogP contribution in [0.15, 0.2) is 66.0 Å². The van der Waals surface area contributed by atoms with Gasteiger partial charge < -0.3 is 5.32 Å². The fourth-order valence-electron chi connectivity index (χ4n) is 3.06. The summed E-state index contributed by atoms with van der Waals surface area (Å²) >= 11 is 0. The maximum Gasteiger partial charge on any atom is 0.330 e. The minimum absolute atomic E-state index is 0.205. The van der Waals surface area contributed by atoms with Gasteiger partial charge in [-0.15, -0.1) is 0 Å². The van der Waals surface area contributed by atoms with Gasteiger partial charge in [-0.2, -0.15) is 0 Å². The van der Waals surface area contributed by atoms with E-state index in [0.29, 0.717) is 17.7 Å². The third-order valence-electron chi connectivity index (χ3n) is 4.45. The second-order valence-electron chi connectivity index (χ2n) is 6.34. The number of rotatable bonds is 6. The predicted octanol–water partition coefficient (Wildman–Crippen LogP) is 1.61. The lowest BCUT2D eigenvalue weighted by atomic mass is 10.2. The molecule has 0 atom stereocenters. The number of pyridine rings is 1. The van der Waals surface area contributed by atoms with Gasteiger partial charge >= 0.3 is 5.69 Å². The Morgan fingerprint density at radius 1 is 1.03 bits per heavy atom. The van der Waals surface area contributed by atoms with Crippen molar-refractivity contribution in [2.24, 2.45) is 0 Å². The van der Waals surface area contributed by atoms with Gasteiger partial charge in [-0.3, -0.25) is 18.9 Å². The van der Waals surface area contributed by atoms with Gasteiger partial charge in [0.05, 0.1) is 18.3 Å². The molecule has 0 aliphatic heterocycles. The Hall–Kier alpha value is -3.88. The number of nitrogens with one attached hydrogen (secondary N) is 1. The van der Waals surface area contributed by atoms with Crippen LogP contribution in [0.5, 0.6) is 0 Å². The normalized spacial score (nSPS) is 10.9. The molecule has 0 aliphatic rings. The SMILES string of the molecule is O=C(NCCn1c(=O)n(Cc2ccc(F)cc2)c2cccnc21)c1cnccn1. The molecule has 0 radical (unpaired) electrons. The van der Waals surface area contributed by atoms with Gasteiger partial charge in [0.2, 0.25) is 0 Å². The van der Waals surface area contributed by atoms with E-state index in [-0.39, 0.29) is 36.2 Å². The monoisotopic (exact) mass is 392 g/mol. The van der Waals surface area contributed by atoms with Crippen molar-refractivity contribution in [1.29, 1.82) is 0 Å². The molecule has 29 heavy (non-hydrogen) atoms. The van der Waals surface area contributed by atoms with Crippen LogP contribution in [-0.2, 0) is 13.1 Å². The first-order valence-electron chi connectivity index (χ1n) is 8.96. The molecule has 1 N–H and O–H groups in total. The molecule has 0 saturated heterocycles. The van der Waals surface area contributed by atoms with Crippen molar-refractivity contribution in [2.45, 2.75) is 13.1 Å². The Morgan fingerprint density at radius 3 is 2.62 bits per heavy atom. The van der Waals surface area contributed by atoms with Crippen LogP contribution in [0.2, 0.25) is 0 Å². The zero-order valence-electron chi connectivity index (χ0n) is 15.3. The van der Waals surface area contributed by atoms with Crippen LogP contribution in [0.3, 0.4) is 0 Å². The third kappa shape index (κ3) is 3.88. The van der Waals surface area contributed by atoms with Crippen LogP contribution in [0.1, 0.15) is 16.1 Å². The minimum Gasteiger partial charge on any atom is -0.349 e. The van der Waals surface area contributed by atoms with Gasteiger partial charge in [0.25, 0.3) is 5.91 Å². The molecular weight excluding hydrogens is 375 g/mol. The summed E-state index contributed by atoms with van der Waals surface area (Å²) < 4.78 is 16.3. The summed E-state index contributed by atoms with van der Waals surface area (Å²) in [5, 5.41) is 2.72. The second kappa shape index (κ2) is 8.01. The number of carbonyl (C=O) groups excluding carboxylic acids is 1. The topological polar surface area (TPSA) is 94.7 Å². The number of imidazole rings is 1. The molecule has 1 aromatic carbocycles. The summed E-state index contributed by atoms with van der Waals surface area (Å²) in [6.07, 6.45) is 5.90. The Kier molecular flexibility index (Phi) is 5.10. The van der Waals surface area contributed by atoms with Crippen molar-refractivity contribution in [3.8, 4) is 0 Å². The van der Waals surface area contributed by atoms with Crippen LogP contribution < -0.4 is 11.0 Å². The number of nitrogens with zero attached hydrogens (tertiary/aromatic N) is 5. The van der Waals surface area contributed by atoms with E-state index in [1.807, 2.05) is 6.07 Å².